The summed E-state index contributed by atoms with van der Waals surface area (Å²) in [4.78, 5) is 14.0. The molecule has 0 aliphatic rings. The van der Waals surface area contributed by atoms with Crippen LogP contribution in [0.2, 0.25) is 6.82 Å². The van der Waals surface area contributed by atoms with E-state index in [0.29, 0.717) is 6.61 Å². The predicted molar refractivity (Wildman–Crippen MR) is 88.5 cm³/mol. The van der Waals surface area contributed by atoms with Gasteiger partial charge in [0.1, 0.15) is 6.61 Å². The molecule has 2 rings (SSSR count). The van der Waals surface area contributed by atoms with E-state index in [0.717, 1.165) is 31.3 Å². The van der Waals surface area contributed by atoms with E-state index in [9.17, 15) is 5.02 Å². The van der Waals surface area contributed by atoms with Gasteiger partial charge in [-0.15, -0.1) is 0 Å². The van der Waals surface area contributed by atoms with E-state index >= 15 is 0 Å². The highest BCUT2D eigenvalue weighted by Gasteiger charge is 2.12. The van der Waals surface area contributed by atoms with Crippen LogP contribution >= 0.6 is 22.6 Å². The molecule has 0 radical (unpaired) electrons. The van der Waals surface area contributed by atoms with Crippen molar-refractivity contribution in [3.63, 3.8) is 0 Å². The van der Waals surface area contributed by atoms with E-state index in [1.807, 2.05) is 19.1 Å². The van der Waals surface area contributed by atoms with Crippen LogP contribution in [0.5, 0.6) is 0 Å². The normalized spacial score (nSPS) is 10.8. The van der Waals surface area contributed by atoms with Gasteiger partial charge in [0, 0.05) is 20.8 Å². The molecule has 0 unspecified atom stereocenters. The quantitative estimate of drug-likeness (QED) is 0.358. The second-order valence-corrected chi connectivity index (χ2v) is 5.62. The lowest BCUT2D eigenvalue weighted by Gasteiger charge is -2.13. The fourth-order valence-corrected chi connectivity index (χ4v) is 2.74. The highest BCUT2D eigenvalue weighted by atomic mass is 127. The zero-order valence-electron chi connectivity index (χ0n) is 11.6. The largest absolute Gasteiger partial charge is 0.433 e. The minimum absolute atomic E-state index is 0.350. The van der Waals surface area contributed by atoms with Crippen LogP contribution in [0.4, 0.5) is 5.69 Å². The molecule has 2 N–H and O–H groups in total. The third kappa shape index (κ3) is 3.40. The maximum Gasteiger partial charge on any atom is 0.406 e. The lowest BCUT2D eigenvalue weighted by atomic mass is 9.88. The van der Waals surface area contributed by atoms with Crippen molar-refractivity contribution in [2.24, 2.45) is 0 Å². The summed E-state index contributed by atoms with van der Waals surface area (Å²) in [7, 11) is 0.876. The second kappa shape index (κ2) is 6.71. The molecule has 0 amide bonds. The van der Waals surface area contributed by atoms with Gasteiger partial charge in [0.05, 0.1) is 12.6 Å². The van der Waals surface area contributed by atoms with E-state index in [1.165, 1.54) is 7.11 Å². The topological polar surface area (TPSA) is 63.6 Å². The molecule has 0 saturated heterocycles. The monoisotopic (exact) mass is 386 g/mol. The van der Waals surface area contributed by atoms with Crippen LogP contribution in [-0.2, 0) is 16.4 Å². The molecule has 7 heteroatoms. The number of pyridine rings is 1. The second-order valence-electron chi connectivity index (χ2n) is 4.54. The molecule has 0 atom stereocenters. The van der Waals surface area contributed by atoms with E-state index in [4.69, 9.17) is 4.89 Å². The Bertz CT molecular complexity index is 622. The van der Waals surface area contributed by atoms with Crippen molar-refractivity contribution in [3.8, 4) is 0 Å². The Balaban J connectivity index is 2.50. The van der Waals surface area contributed by atoms with Gasteiger partial charge in [-0.1, -0.05) is 0 Å². The third-order valence-corrected chi connectivity index (χ3v) is 4.02. The molecule has 0 aliphatic heterocycles. The molecule has 1 aromatic carbocycles. The molecule has 106 valence electrons. The van der Waals surface area contributed by atoms with Crippen LogP contribution in [0.15, 0.2) is 18.3 Å². The number of aryl methyl sites for hydroxylation is 1. The zero-order valence-corrected chi connectivity index (χ0v) is 13.8. The van der Waals surface area contributed by atoms with Gasteiger partial charge in [0.25, 0.3) is 0 Å². The van der Waals surface area contributed by atoms with Gasteiger partial charge in [0.2, 0.25) is 0 Å². The zero-order chi connectivity index (χ0) is 14.7. The number of fused-ring (bicyclic) bond motifs is 1. The summed E-state index contributed by atoms with van der Waals surface area (Å²) < 4.78 is 1.02. The number of rotatable bonds is 5. The summed E-state index contributed by atoms with van der Waals surface area (Å²) in [5.74, 6) is 0. The first-order chi connectivity index (χ1) is 9.52. The summed E-state index contributed by atoms with van der Waals surface area (Å²) >= 11 is 2.26. The average molecular weight is 386 g/mol. The van der Waals surface area contributed by atoms with Gasteiger partial charge in [-0.3, -0.25) is 4.98 Å². The highest BCUT2D eigenvalue weighted by molar-refractivity contribution is 14.1. The van der Waals surface area contributed by atoms with E-state index in [-0.39, 0.29) is 0 Å². The van der Waals surface area contributed by atoms with Gasteiger partial charge in [-0.25, -0.2) is 9.78 Å². The number of aromatic nitrogens is 1. The summed E-state index contributed by atoms with van der Waals surface area (Å²) in [6.07, 6.45) is 1.78. The smallest absolute Gasteiger partial charge is 0.406 e. The number of nitrogens with one attached hydrogen (secondary N) is 1. The van der Waals surface area contributed by atoms with Crippen molar-refractivity contribution in [2.45, 2.75) is 20.4 Å². The number of nitrogens with zero attached hydrogens (tertiary/aromatic N) is 1. The number of hydrogen-bond acceptors (Lipinski definition) is 5. The summed E-state index contributed by atoms with van der Waals surface area (Å²) in [5, 5.41) is 13.6. The van der Waals surface area contributed by atoms with Crippen molar-refractivity contribution >= 4 is 46.2 Å². The standard InChI is InChI=1S/C13H16BIN2O3/c1-8-4-11(17-14(2)18)12(15)10-5-9(7-20-19-3)6-16-13(8)10/h4-6,17-18H,7H2,1-3H3. The molecular weight excluding hydrogens is 370 g/mol. The van der Waals surface area contributed by atoms with E-state index < -0.39 is 7.05 Å². The molecule has 20 heavy (non-hydrogen) atoms. The maximum absolute atomic E-state index is 9.50. The summed E-state index contributed by atoms with van der Waals surface area (Å²) in [6, 6.07) is 4.03. The Morgan fingerprint density at radius 3 is 2.85 bits per heavy atom. The van der Waals surface area contributed by atoms with Crippen LogP contribution in [0.3, 0.4) is 0 Å². The van der Waals surface area contributed by atoms with E-state index in [1.54, 1.807) is 13.0 Å². The van der Waals surface area contributed by atoms with Crippen molar-refractivity contribution in [3.05, 3.63) is 33.0 Å². The molecule has 5 nitrogen and oxygen atoms in total. The predicted octanol–water partition coefficient (Wildman–Crippen LogP) is 2.75. The van der Waals surface area contributed by atoms with Gasteiger partial charge in [0.15, 0.2) is 0 Å². The lowest BCUT2D eigenvalue weighted by Crippen LogP contribution is -2.20. The lowest BCUT2D eigenvalue weighted by molar-refractivity contribution is -0.282. The Morgan fingerprint density at radius 2 is 2.20 bits per heavy atom. The molecule has 0 fully saturated rings. The van der Waals surface area contributed by atoms with Gasteiger partial charge in [-0.05, 0) is 59.6 Å². The van der Waals surface area contributed by atoms with Crippen molar-refractivity contribution in [1.29, 1.82) is 0 Å². The van der Waals surface area contributed by atoms with Crippen molar-refractivity contribution in [1.82, 2.24) is 4.98 Å². The molecule has 0 spiro atoms. The Labute approximate surface area is 131 Å². The SMILES string of the molecule is COOCc1cnc2c(C)cc(NB(C)O)c(I)c2c1. The fraction of sp³-hybridized carbons (Fsp3) is 0.308. The van der Waals surface area contributed by atoms with Crippen LogP contribution < -0.4 is 5.23 Å². The molecular formula is C13H16BIN2O3. The maximum atomic E-state index is 9.50. The molecule has 2 aromatic rings. The summed E-state index contributed by atoms with van der Waals surface area (Å²) in [6.45, 7) is 4.04. The number of hydrogen-bond donors (Lipinski definition) is 2. The Kier molecular flexibility index (Phi) is 5.19. The fourth-order valence-electron chi connectivity index (χ4n) is 2.02. The number of halogens is 1. The molecule has 0 saturated carbocycles. The molecule has 1 heterocycles. The first-order valence-corrected chi connectivity index (χ1v) is 7.28. The number of anilines is 1. The van der Waals surface area contributed by atoms with Gasteiger partial charge in [-0.2, -0.15) is 0 Å². The van der Waals surface area contributed by atoms with Gasteiger partial charge < -0.3 is 10.3 Å². The van der Waals surface area contributed by atoms with E-state index in [2.05, 4.69) is 37.7 Å². The van der Waals surface area contributed by atoms with Crippen molar-refractivity contribution in [2.75, 3.05) is 12.3 Å². The van der Waals surface area contributed by atoms with Crippen LogP contribution in [0.25, 0.3) is 10.9 Å². The van der Waals surface area contributed by atoms with Gasteiger partial charge >= 0.3 is 7.05 Å². The van der Waals surface area contributed by atoms with Crippen LogP contribution in [0.1, 0.15) is 11.1 Å². The molecule has 0 aliphatic carbocycles. The van der Waals surface area contributed by atoms with Crippen molar-refractivity contribution < 1.29 is 14.8 Å². The summed E-state index contributed by atoms with van der Waals surface area (Å²) in [5.41, 5.74) is 3.84. The minimum Gasteiger partial charge on any atom is -0.433 e. The Hall–Kier alpha value is -0.895. The highest BCUT2D eigenvalue weighted by Crippen LogP contribution is 2.30. The minimum atomic E-state index is -0.603. The average Bonchev–Trinajstić information content (AvgIpc) is 2.41. The third-order valence-electron chi connectivity index (χ3n) is 2.86. The number of benzene rings is 1. The van der Waals surface area contributed by atoms with Crippen LogP contribution in [0, 0.1) is 10.5 Å². The van der Waals surface area contributed by atoms with Crippen LogP contribution in [-0.4, -0.2) is 24.2 Å². The molecule has 1 aromatic heterocycles. The first kappa shape index (κ1) is 15.5. The Morgan fingerprint density at radius 1 is 1.45 bits per heavy atom. The molecule has 0 bridgehead atoms. The first-order valence-electron chi connectivity index (χ1n) is 6.21.